The van der Waals surface area contributed by atoms with E-state index >= 15 is 0 Å². The van der Waals surface area contributed by atoms with Crippen LogP contribution < -0.4 is 5.32 Å². The Balaban J connectivity index is 1.54. The summed E-state index contributed by atoms with van der Waals surface area (Å²) in [7, 11) is -3.21. The summed E-state index contributed by atoms with van der Waals surface area (Å²) in [6, 6.07) is 10.8. The Labute approximate surface area is 152 Å². The number of hydrogen-bond acceptors (Lipinski definition) is 5. The lowest BCUT2D eigenvalue weighted by atomic mass is 10.2. The van der Waals surface area contributed by atoms with Crippen LogP contribution in [0, 0.1) is 6.92 Å². The number of amides is 1. The highest BCUT2D eigenvalue weighted by molar-refractivity contribution is 7.90. The third-order valence-electron chi connectivity index (χ3n) is 3.94. The van der Waals surface area contributed by atoms with Crippen molar-refractivity contribution in [3.05, 3.63) is 65.6 Å². The summed E-state index contributed by atoms with van der Waals surface area (Å²) in [6.07, 6.45) is 3.68. The maximum absolute atomic E-state index is 12.4. The second-order valence-electron chi connectivity index (χ2n) is 6.04. The standard InChI is InChI=1S/C18H20N4O3S/c1-14-16(17-19-9-5-11-22(17)21-14)18(23)20-10-6-12-26(24,25)13-15-7-3-2-4-8-15/h2-5,7-9,11H,6,10,12-13H2,1H3,(H,20,23). The minimum absolute atomic E-state index is 0.0128. The van der Waals surface area contributed by atoms with Crippen molar-refractivity contribution in [3.8, 4) is 0 Å². The van der Waals surface area contributed by atoms with E-state index in [-0.39, 0.29) is 24.0 Å². The molecule has 7 nitrogen and oxygen atoms in total. The van der Waals surface area contributed by atoms with Gasteiger partial charge in [0.15, 0.2) is 15.5 Å². The van der Waals surface area contributed by atoms with E-state index < -0.39 is 9.84 Å². The molecule has 1 N–H and O–H groups in total. The summed E-state index contributed by atoms with van der Waals surface area (Å²) in [6.45, 7) is 2.02. The number of aromatic nitrogens is 3. The molecule has 1 amide bonds. The van der Waals surface area contributed by atoms with Gasteiger partial charge in [-0.1, -0.05) is 30.3 Å². The molecule has 0 fully saturated rings. The molecular formula is C18H20N4O3S. The minimum Gasteiger partial charge on any atom is -0.352 e. The molecule has 0 aliphatic carbocycles. The highest BCUT2D eigenvalue weighted by atomic mass is 32.2. The van der Waals surface area contributed by atoms with Crippen molar-refractivity contribution in [3.63, 3.8) is 0 Å². The summed E-state index contributed by atoms with van der Waals surface area (Å²) in [4.78, 5) is 16.6. The van der Waals surface area contributed by atoms with Crippen molar-refractivity contribution >= 4 is 21.4 Å². The monoisotopic (exact) mass is 372 g/mol. The Morgan fingerprint density at radius 1 is 1.19 bits per heavy atom. The Bertz CT molecular complexity index is 1010. The molecule has 3 rings (SSSR count). The maximum atomic E-state index is 12.4. The van der Waals surface area contributed by atoms with Crippen molar-refractivity contribution in [2.75, 3.05) is 12.3 Å². The molecule has 8 heteroatoms. The fraction of sp³-hybridized carbons (Fsp3) is 0.278. The molecule has 0 aliphatic heterocycles. The van der Waals surface area contributed by atoms with Crippen molar-refractivity contribution in [1.82, 2.24) is 19.9 Å². The van der Waals surface area contributed by atoms with Crippen LogP contribution in [-0.2, 0) is 15.6 Å². The fourth-order valence-corrected chi connectivity index (χ4v) is 4.17. The van der Waals surface area contributed by atoms with E-state index in [2.05, 4.69) is 15.4 Å². The predicted octanol–water partition coefficient (Wildman–Crippen LogP) is 1.77. The molecule has 136 valence electrons. The Morgan fingerprint density at radius 3 is 2.73 bits per heavy atom. The molecule has 26 heavy (non-hydrogen) atoms. The largest absolute Gasteiger partial charge is 0.352 e. The zero-order valence-electron chi connectivity index (χ0n) is 14.4. The average Bonchev–Trinajstić information content (AvgIpc) is 2.95. The third-order valence-corrected chi connectivity index (χ3v) is 5.63. The Morgan fingerprint density at radius 2 is 1.96 bits per heavy atom. The SMILES string of the molecule is Cc1nn2cccnc2c1C(=O)NCCCS(=O)(=O)Cc1ccccc1. The van der Waals surface area contributed by atoms with E-state index in [1.54, 1.807) is 42.0 Å². The third kappa shape index (κ3) is 4.26. The van der Waals surface area contributed by atoms with Crippen molar-refractivity contribution < 1.29 is 13.2 Å². The number of hydrogen-bond donors (Lipinski definition) is 1. The maximum Gasteiger partial charge on any atom is 0.257 e. The predicted molar refractivity (Wildman–Crippen MR) is 98.6 cm³/mol. The average molecular weight is 372 g/mol. The van der Waals surface area contributed by atoms with Gasteiger partial charge < -0.3 is 5.32 Å². The van der Waals surface area contributed by atoms with Gasteiger partial charge in [-0.2, -0.15) is 5.10 Å². The van der Waals surface area contributed by atoms with E-state index in [9.17, 15) is 13.2 Å². The summed E-state index contributed by atoms with van der Waals surface area (Å²) >= 11 is 0. The zero-order valence-corrected chi connectivity index (χ0v) is 15.2. The first-order valence-corrected chi connectivity index (χ1v) is 10.1. The number of nitrogens with zero attached hydrogens (tertiary/aromatic N) is 3. The molecule has 0 saturated carbocycles. The smallest absolute Gasteiger partial charge is 0.257 e. The Hall–Kier alpha value is -2.74. The summed E-state index contributed by atoms with van der Waals surface area (Å²) in [5, 5.41) is 7.00. The van der Waals surface area contributed by atoms with Gasteiger partial charge in [-0.15, -0.1) is 0 Å². The molecular weight excluding hydrogens is 352 g/mol. The summed E-state index contributed by atoms with van der Waals surface area (Å²) in [5.74, 6) is -0.260. The van der Waals surface area contributed by atoms with Crippen LogP contribution in [0.1, 0.15) is 28.0 Å². The molecule has 3 aromatic rings. The van der Waals surface area contributed by atoms with Gasteiger partial charge in [-0.25, -0.2) is 17.9 Å². The van der Waals surface area contributed by atoms with E-state index in [4.69, 9.17) is 0 Å². The minimum atomic E-state index is -3.21. The summed E-state index contributed by atoms with van der Waals surface area (Å²) < 4.78 is 25.9. The summed E-state index contributed by atoms with van der Waals surface area (Å²) in [5.41, 5.74) is 2.25. The van der Waals surface area contributed by atoms with Gasteiger partial charge in [-0.3, -0.25) is 4.79 Å². The second-order valence-corrected chi connectivity index (χ2v) is 8.22. The molecule has 2 aromatic heterocycles. The number of carbonyl (C=O) groups excluding carboxylic acids is 1. The molecule has 0 radical (unpaired) electrons. The topological polar surface area (TPSA) is 93.4 Å². The van der Waals surface area contributed by atoms with Gasteiger partial charge in [0, 0.05) is 18.9 Å². The first kappa shape index (κ1) is 18.1. The van der Waals surface area contributed by atoms with Crippen LogP contribution in [0.4, 0.5) is 0 Å². The zero-order chi connectivity index (χ0) is 18.6. The second kappa shape index (κ2) is 7.65. The van der Waals surface area contributed by atoms with Gasteiger partial charge in [0.1, 0.15) is 5.56 Å². The number of nitrogens with one attached hydrogen (secondary N) is 1. The first-order valence-electron chi connectivity index (χ1n) is 8.29. The van der Waals surface area contributed by atoms with Crippen LogP contribution in [0.5, 0.6) is 0 Å². The van der Waals surface area contributed by atoms with Gasteiger partial charge in [0.25, 0.3) is 5.91 Å². The van der Waals surface area contributed by atoms with Gasteiger partial charge in [0.05, 0.1) is 17.2 Å². The number of rotatable bonds is 7. The van der Waals surface area contributed by atoms with E-state index in [0.717, 1.165) is 5.56 Å². The van der Waals surface area contributed by atoms with Crippen LogP contribution in [0.2, 0.25) is 0 Å². The molecule has 0 atom stereocenters. The molecule has 0 unspecified atom stereocenters. The van der Waals surface area contributed by atoms with Gasteiger partial charge >= 0.3 is 0 Å². The molecule has 2 heterocycles. The number of carbonyl (C=O) groups is 1. The van der Waals surface area contributed by atoms with Crippen molar-refractivity contribution in [2.24, 2.45) is 0 Å². The van der Waals surface area contributed by atoms with Crippen LogP contribution >= 0.6 is 0 Å². The molecule has 1 aromatic carbocycles. The molecule has 0 saturated heterocycles. The Kier molecular flexibility index (Phi) is 5.32. The van der Waals surface area contributed by atoms with Gasteiger partial charge in [0.2, 0.25) is 0 Å². The van der Waals surface area contributed by atoms with Crippen LogP contribution in [-0.4, -0.2) is 41.2 Å². The van der Waals surface area contributed by atoms with Gasteiger partial charge in [-0.05, 0) is 25.0 Å². The van der Waals surface area contributed by atoms with Crippen LogP contribution in [0.3, 0.4) is 0 Å². The van der Waals surface area contributed by atoms with E-state index in [1.165, 1.54) is 0 Å². The van der Waals surface area contributed by atoms with Crippen molar-refractivity contribution in [1.29, 1.82) is 0 Å². The van der Waals surface area contributed by atoms with Crippen LogP contribution in [0.15, 0.2) is 48.8 Å². The fourth-order valence-electron chi connectivity index (χ4n) is 2.75. The normalized spacial score (nSPS) is 11.6. The lowest BCUT2D eigenvalue weighted by Gasteiger charge is -2.06. The van der Waals surface area contributed by atoms with E-state index in [1.807, 2.05) is 18.2 Å². The van der Waals surface area contributed by atoms with Crippen LogP contribution in [0.25, 0.3) is 5.65 Å². The molecule has 0 spiro atoms. The first-order chi connectivity index (χ1) is 12.5. The quantitative estimate of drug-likeness (QED) is 0.638. The van der Waals surface area contributed by atoms with Crippen molar-refractivity contribution in [2.45, 2.75) is 19.1 Å². The number of aryl methyl sites for hydroxylation is 1. The highest BCUT2D eigenvalue weighted by Gasteiger charge is 2.18. The highest BCUT2D eigenvalue weighted by Crippen LogP contribution is 2.12. The molecule has 0 bridgehead atoms. The number of sulfone groups is 1. The lowest BCUT2D eigenvalue weighted by molar-refractivity contribution is 0.0954. The lowest BCUT2D eigenvalue weighted by Crippen LogP contribution is -2.26. The number of benzene rings is 1. The van der Waals surface area contributed by atoms with E-state index in [0.29, 0.717) is 23.3 Å². The number of fused-ring (bicyclic) bond motifs is 1. The molecule has 0 aliphatic rings.